The molecule has 0 unspecified atom stereocenters. The second-order valence-corrected chi connectivity index (χ2v) is 3.39. The van der Waals surface area contributed by atoms with Gasteiger partial charge in [0.25, 0.3) is 0 Å². The molecule has 0 aliphatic rings. The molecule has 1 aromatic heterocycles. The van der Waals surface area contributed by atoms with Crippen LogP contribution in [0.1, 0.15) is 6.92 Å². The Bertz CT molecular complexity index is 341. The van der Waals surface area contributed by atoms with Gasteiger partial charge in [0.1, 0.15) is 0 Å². The monoisotopic (exact) mass is 200 g/mol. The molecule has 0 radical (unpaired) electrons. The largest absolute Gasteiger partial charge is 0.367 e. The summed E-state index contributed by atoms with van der Waals surface area (Å²) in [7, 11) is 0. The first-order valence-corrected chi connectivity index (χ1v) is 5.33. The number of allylic oxidation sites excluding steroid dienone is 1. The average Bonchev–Trinajstić information content (AvgIpc) is 2.46. The maximum Gasteiger partial charge on any atom is 0.367 e. The average molecular weight is 200 g/mol. The SMILES string of the molecule is C/C=C\n1nnn(CCSC)c1=O. The molecule has 0 spiro atoms. The summed E-state index contributed by atoms with van der Waals surface area (Å²) in [6.07, 6.45) is 5.32. The van der Waals surface area contributed by atoms with Crippen molar-refractivity contribution < 1.29 is 0 Å². The number of aryl methyl sites for hydroxylation is 1. The van der Waals surface area contributed by atoms with Gasteiger partial charge in [-0.05, 0) is 23.6 Å². The van der Waals surface area contributed by atoms with Crippen molar-refractivity contribution in [2.24, 2.45) is 0 Å². The van der Waals surface area contributed by atoms with Crippen LogP contribution in [0.4, 0.5) is 0 Å². The molecule has 6 heteroatoms. The van der Waals surface area contributed by atoms with E-state index in [-0.39, 0.29) is 5.69 Å². The third kappa shape index (κ3) is 2.45. The summed E-state index contributed by atoms with van der Waals surface area (Å²) in [5.41, 5.74) is -0.188. The van der Waals surface area contributed by atoms with Crippen LogP contribution in [0.15, 0.2) is 10.9 Å². The molecule has 0 saturated carbocycles. The summed E-state index contributed by atoms with van der Waals surface area (Å²) < 4.78 is 2.58. The molecule has 0 aliphatic carbocycles. The fourth-order valence-electron chi connectivity index (χ4n) is 0.839. The van der Waals surface area contributed by atoms with Gasteiger partial charge in [-0.25, -0.2) is 4.79 Å². The van der Waals surface area contributed by atoms with Gasteiger partial charge in [-0.15, -0.1) is 0 Å². The lowest BCUT2D eigenvalue weighted by Gasteiger charge is -1.93. The Morgan fingerprint density at radius 1 is 1.54 bits per heavy atom. The second-order valence-electron chi connectivity index (χ2n) is 2.40. The summed E-state index contributed by atoms with van der Waals surface area (Å²) in [5.74, 6) is 0.869. The lowest BCUT2D eigenvalue weighted by molar-refractivity contribution is 0.615. The zero-order valence-corrected chi connectivity index (χ0v) is 8.49. The van der Waals surface area contributed by atoms with Crippen molar-refractivity contribution >= 4 is 18.0 Å². The number of tetrazole rings is 1. The van der Waals surface area contributed by atoms with Crippen molar-refractivity contribution in [2.75, 3.05) is 12.0 Å². The van der Waals surface area contributed by atoms with Gasteiger partial charge in [0, 0.05) is 12.0 Å². The molecule has 5 nitrogen and oxygen atoms in total. The van der Waals surface area contributed by atoms with Gasteiger partial charge in [-0.2, -0.15) is 21.1 Å². The first-order chi connectivity index (χ1) is 6.29. The summed E-state index contributed by atoms with van der Waals surface area (Å²) in [4.78, 5) is 11.4. The van der Waals surface area contributed by atoms with E-state index in [4.69, 9.17) is 0 Å². The van der Waals surface area contributed by atoms with Gasteiger partial charge in [-0.3, -0.25) is 0 Å². The van der Waals surface area contributed by atoms with E-state index >= 15 is 0 Å². The van der Waals surface area contributed by atoms with Crippen molar-refractivity contribution in [1.29, 1.82) is 0 Å². The normalized spacial score (nSPS) is 11.2. The van der Waals surface area contributed by atoms with Crippen molar-refractivity contribution in [3.8, 4) is 0 Å². The Morgan fingerprint density at radius 2 is 2.31 bits per heavy atom. The van der Waals surface area contributed by atoms with Crippen LogP contribution in [0.3, 0.4) is 0 Å². The molecule has 0 aliphatic heterocycles. The van der Waals surface area contributed by atoms with E-state index in [0.29, 0.717) is 6.54 Å². The number of hydrogen-bond acceptors (Lipinski definition) is 4. The lowest BCUT2D eigenvalue weighted by Crippen LogP contribution is -2.23. The predicted molar refractivity (Wildman–Crippen MR) is 53.7 cm³/mol. The molecule has 72 valence electrons. The minimum Gasteiger partial charge on any atom is -0.244 e. The molecule has 0 bridgehead atoms. The highest BCUT2D eigenvalue weighted by Gasteiger charge is 2.02. The van der Waals surface area contributed by atoms with Crippen LogP contribution in [0.5, 0.6) is 0 Å². The quantitative estimate of drug-likeness (QED) is 0.701. The van der Waals surface area contributed by atoms with Crippen LogP contribution in [0.2, 0.25) is 0 Å². The van der Waals surface area contributed by atoms with E-state index in [9.17, 15) is 4.79 Å². The third-order valence-electron chi connectivity index (χ3n) is 1.46. The number of nitrogens with zero attached hydrogens (tertiary/aromatic N) is 4. The van der Waals surface area contributed by atoms with E-state index in [0.717, 1.165) is 5.75 Å². The van der Waals surface area contributed by atoms with Gasteiger partial charge >= 0.3 is 5.69 Å². The fourth-order valence-corrected chi connectivity index (χ4v) is 1.19. The molecule has 13 heavy (non-hydrogen) atoms. The minimum atomic E-state index is -0.188. The van der Waals surface area contributed by atoms with Crippen LogP contribution < -0.4 is 5.69 Å². The summed E-state index contributed by atoms with van der Waals surface area (Å²) in [6, 6.07) is 0. The highest BCUT2D eigenvalue weighted by molar-refractivity contribution is 7.98. The summed E-state index contributed by atoms with van der Waals surface area (Å²) >= 11 is 1.67. The van der Waals surface area contributed by atoms with E-state index in [1.165, 1.54) is 9.36 Å². The molecule has 0 fully saturated rings. The van der Waals surface area contributed by atoms with E-state index in [1.54, 1.807) is 24.0 Å². The van der Waals surface area contributed by atoms with E-state index in [1.807, 2.05) is 13.2 Å². The molecule has 1 aromatic rings. The van der Waals surface area contributed by atoms with E-state index < -0.39 is 0 Å². The van der Waals surface area contributed by atoms with Gasteiger partial charge in [-0.1, -0.05) is 6.08 Å². The molecule has 0 aromatic carbocycles. The molecule has 0 atom stereocenters. The fraction of sp³-hybridized carbons (Fsp3) is 0.571. The molecule has 0 amide bonds. The zero-order valence-electron chi connectivity index (χ0n) is 7.67. The first-order valence-electron chi connectivity index (χ1n) is 3.93. The van der Waals surface area contributed by atoms with Gasteiger partial charge < -0.3 is 0 Å². The standard InChI is InChI=1S/C7H12N4OS/c1-3-4-10-7(12)11(9-8-10)5-6-13-2/h3-4H,5-6H2,1-2H3/b4-3-. The number of rotatable bonds is 4. The maximum atomic E-state index is 11.4. The summed E-state index contributed by atoms with van der Waals surface area (Å²) in [5, 5.41) is 7.40. The molecule has 0 saturated heterocycles. The van der Waals surface area contributed by atoms with Crippen molar-refractivity contribution in [1.82, 2.24) is 19.8 Å². The predicted octanol–water partition coefficient (Wildman–Crippen LogP) is 0.293. The lowest BCUT2D eigenvalue weighted by atomic mass is 10.7. The van der Waals surface area contributed by atoms with E-state index in [2.05, 4.69) is 10.4 Å². The third-order valence-corrected chi connectivity index (χ3v) is 2.05. The minimum absolute atomic E-state index is 0.188. The molecule has 1 heterocycles. The smallest absolute Gasteiger partial charge is 0.244 e. The van der Waals surface area contributed by atoms with Crippen LogP contribution >= 0.6 is 11.8 Å². The molecule has 1 rings (SSSR count). The molecule has 0 N–H and O–H groups in total. The number of aromatic nitrogens is 4. The van der Waals surface area contributed by atoms with Crippen molar-refractivity contribution in [3.05, 3.63) is 16.6 Å². The van der Waals surface area contributed by atoms with Crippen LogP contribution in [-0.2, 0) is 6.54 Å². The Morgan fingerprint density at radius 3 is 2.92 bits per heavy atom. The van der Waals surface area contributed by atoms with Crippen molar-refractivity contribution in [3.63, 3.8) is 0 Å². The Balaban J connectivity index is 2.80. The highest BCUT2D eigenvalue weighted by Crippen LogP contribution is 1.90. The Labute approximate surface area is 80.4 Å². The molecular formula is C7H12N4OS. The van der Waals surface area contributed by atoms with Crippen LogP contribution in [0.25, 0.3) is 6.20 Å². The number of hydrogen-bond donors (Lipinski definition) is 0. The Hall–Kier alpha value is -1.04. The Kier molecular flexibility index (Phi) is 3.75. The van der Waals surface area contributed by atoms with Gasteiger partial charge in [0.05, 0.1) is 6.54 Å². The topological polar surface area (TPSA) is 52.7 Å². The van der Waals surface area contributed by atoms with Gasteiger partial charge in [0.2, 0.25) is 0 Å². The van der Waals surface area contributed by atoms with Gasteiger partial charge in [0.15, 0.2) is 0 Å². The maximum absolute atomic E-state index is 11.4. The molecular weight excluding hydrogens is 188 g/mol. The highest BCUT2D eigenvalue weighted by atomic mass is 32.2. The van der Waals surface area contributed by atoms with Crippen LogP contribution in [0, 0.1) is 0 Å². The van der Waals surface area contributed by atoms with Crippen molar-refractivity contribution in [2.45, 2.75) is 13.5 Å². The summed E-state index contributed by atoms with van der Waals surface area (Å²) in [6.45, 7) is 2.44. The van der Waals surface area contributed by atoms with Crippen LogP contribution in [-0.4, -0.2) is 31.8 Å². The zero-order chi connectivity index (χ0) is 9.68. The first kappa shape index (κ1) is 10.0. The second kappa shape index (κ2) is 4.86. The number of thioether (sulfide) groups is 1.